The van der Waals surface area contributed by atoms with Gasteiger partial charge < -0.3 is 4.57 Å². The second-order valence-electron chi connectivity index (χ2n) is 9.83. The van der Waals surface area contributed by atoms with Crippen LogP contribution in [0.2, 0.25) is 0 Å². The van der Waals surface area contributed by atoms with Gasteiger partial charge in [-0.3, -0.25) is 9.97 Å². The van der Waals surface area contributed by atoms with Crippen molar-refractivity contribution < 1.29 is 8.78 Å². The lowest BCUT2D eigenvalue weighted by Gasteiger charge is -2.24. The van der Waals surface area contributed by atoms with Crippen molar-refractivity contribution in [2.75, 3.05) is 0 Å². The van der Waals surface area contributed by atoms with Gasteiger partial charge in [-0.15, -0.1) is 0 Å². The molecular weight excluding hydrogens is 476 g/mol. The van der Waals surface area contributed by atoms with Gasteiger partial charge in [0.25, 0.3) is 0 Å². The third kappa shape index (κ3) is 4.16. The number of hydrogen-bond acceptors (Lipinski definition) is 2. The van der Waals surface area contributed by atoms with E-state index < -0.39 is 17.0 Å². The first-order valence-corrected chi connectivity index (χ1v) is 12.5. The molecule has 6 aromatic rings. The van der Waals surface area contributed by atoms with Crippen LogP contribution in [0.15, 0.2) is 115 Å². The van der Waals surface area contributed by atoms with Gasteiger partial charge in [-0.05, 0) is 68.4 Å². The van der Waals surface area contributed by atoms with Gasteiger partial charge in [0.05, 0.1) is 28.3 Å². The largest absolute Gasteiger partial charge is 0.316 e. The number of nitrogens with zero attached hydrogens (tertiary/aromatic N) is 3. The Morgan fingerprint density at radius 3 is 1.95 bits per heavy atom. The molecule has 186 valence electrons. The number of pyridine rings is 2. The summed E-state index contributed by atoms with van der Waals surface area (Å²) in [7, 11) is 0. The molecule has 0 unspecified atom stereocenters. The number of aromatic nitrogens is 3. The van der Waals surface area contributed by atoms with E-state index in [-0.39, 0.29) is 5.56 Å². The van der Waals surface area contributed by atoms with Crippen LogP contribution in [0.25, 0.3) is 39.1 Å². The van der Waals surface area contributed by atoms with Crippen LogP contribution in [0.3, 0.4) is 0 Å². The molecule has 0 spiro atoms. The molecule has 0 aliphatic heterocycles. The summed E-state index contributed by atoms with van der Waals surface area (Å²) in [5.41, 5.74) is 5.83. The fourth-order valence-corrected chi connectivity index (χ4v) is 4.88. The lowest BCUT2D eigenvalue weighted by molar-refractivity contribution is 0.583. The highest BCUT2D eigenvalue weighted by atomic mass is 19.1. The molecule has 0 fully saturated rings. The molecule has 38 heavy (non-hydrogen) atoms. The average Bonchev–Trinajstić information content (AvgIpc) is 3.33. The van der Waals surface area contributed by atoms with Crippen LogP contribution < -0.4 is 0 Å². The second kappa shape index (κ2) is 9.34. The zero-order valence-corrected chi connectivity index (χ0v) is 21.1. The van der Waals surface area contributed by atoms with Crippen molar-refractivity contribution in [1.82, 2.24) is 14.5 Å². The van der Waals surface area contributed by atoms with Crippen molar-refractivity contribution in [1.29, 1.82) is 0 Å². The summed E-state index contributed by atoms with van der Waals surface area (Å²) in [6, 6.07) is 33.6. The fourth-order valence-electron chi connectivity index (χ4n) is 4.88. The molecule has 3 nitrogen and oxygen atoms in total. The number of halogens is 2. The molecule has 6 rings (SSSR count). The van der Waals surface area contributed by atoms with Gasteiger partial charge in [0.2, 0.25) is 0 Å². The van der Waals surface area contributed by atoms with E-state index in [1.807, 2.05) is 60.7 Å². The molecule has 0 radical (unpaired) electrons. The Kier molecular flexibility index (Phi) is 5.84. The lowest BCUT2D eigenvalue weighted by atomic mass is 9.84. The number of rotatable bonds is 5. The summed E-state index contributed by atoms with van der Waals surface area (Å²) in [4.78, 5) is 9.87. The van der Waals surface area contributed by atoms with Crippen LogP contribution >= 0.6 is 0 Å². The zero-order chi connectivity index (χ0) is 26.3. The highest BCUT2D eigenvalue weighted by Crippen LogP contribution is 2.35. The van der Waals surface area contributed by atoms with Crippen LogP contribution in [-0.2, 0) is 5.41 Å². The molecule has 3 aromatic carbocycles. The van der Waals surface area contributed by atoms with E-state index in [1.165, 1.54) is 12.1 Å². The molecule has 3 aromatic heterocycles. The summed E-state index contributed by atoms with van der Waals surface area (Å²) in [6.07, 6.45) is 2.13. The van der Waals surface area contributed by atoms with E-state index in [9.17, 15) is 8.78 Å². The van der Waals surface area contributed by atoms with Gasteiger partial charge in [0.1, 0.15) is 11.6 Å². The van der Waals surface area contributed by atoms with Crippen molar-refractivity contribution >= 4 is 10.9 Å². The topological polar surface area (TPSA) is 30.7 Å². The molecular formula is C33H25F2N3. The minimum Gasteiger partial charge on any atom is -0.316 e. The highest BCUT2D eigenvalue weighted by Gasteiger charge is 2.28. The van der Waals surface area contributed by atoms with Crippen LogP contribution in [0.1, 0.15) is 25.2 Å². The smallest absolute Gasteiger partial charge is 0.135 e. The normalized spacial score (nSPS) is 11.7. The highest BCUT2D eigenvalue weighted by molar-refractivity contribution is 5.96. The molecule has 0 aliphatic rings. The van der Waals surface area contributed by atoms with Crippen molar-refractivity contribution in [3.63, 3.8) is 0 Å². The molecule has 0 saturated carbocycles. The molecule has 0 aliphatic carbocycles. The first-order chi connectivity index (χ1) is 18.4. The van der Waals surface area contributed by atoms with Crippen molar-refractivity contribution in [3.05, 3.63) is 138 Å². The molecule has 3 heterocycles. The maximum atomic E-state index is 14.5. The first kappa shape index (κ1) is 23.7. The van der Waals surface area contributed by atoms with Crippen molar-refractivity contribution in [3.8, 4) is 28.2 Å². The third-order valence-corrected chi connectivity index (χ3v) is 7.01. The molecule has 0 amide bonds. The standard InChI is InChI=1S/C33H25F2N3/c1-33(2,31-16-8-13-28(36-31)25-19-18-22(34)20-27(25)35)32-17-9-14-29(37-32)26-21-38(23-10-4-3-5-11-23)30-15-7-6-12-24(26)30/h3-21H,1-2H3. The van der Waals surface area contributed by atoms with Gasteiger partial charge in [-0.25, -0.2) is 8.78 Å². The molecule has 0 saturated heterocycles. The fraction of sp³-hybridized carbons (Fsp3) is 0.0909. The summed E-state index contributed by atoms with van der Waals surface area (Å²) in [6.45, 7) is 4.11. The Balaban J connectivity index is 1.43. The minimum atomic E-state index is -0.637. The summed E-state index contributed by atoms with van der Waals surface area (Å²) < 4.78 is 30.1. The van der Waals surface area contributed by atoms with Crippen LogP contribution in [0.5, 0.6) is 0 Å². The van der Waals surface area contributed by atoms with E-state index in [2.05, 4.69) is 48.9 Å². The van der Waals surface area contributed by atoms with E-state index in [0.29, 0.717) is 5.69 Å². The van der Waals surface area contributed by atoms with E-state index in [4.69, 9.17) is 9.97 Å². The lowest BCUT2D eigenvalue weighted by Crippen LogP contribution is -2.22. The quantitative estimate of drug-likeness (QED) is 0.238. The Morgan fingerprint density at radius 1 is 0.632 bits per heavy atom. The summed E-state index contributed by atoms with van der Waals surface area (Å²) >= 11 is 0. The minimum absolute atomic E-state index is 0.263. The van der Waals surface area contributed by atoms with Crippen LogP contribution in [0.4, 0.5) is 8.78 Å². The molecule has 0 bridgehead atoms. The van der Waals surface area contributed by atoms with Gasteiger partial charge >= 0.3 is 0 Å². The summed E-state index contributed by atoms with van der Waals surface area (Å²) in [5.74, 6) is -1.25. The summed E-state index contributed by atoms with van der Waals surface area (Å²) in [5, 5.41) is 1.12. The van der Waals surface area contributed by atoms with Crippen molar-refractivity contribution in [2.24, 2.45) is 0 Å². The van der Waals surface area contributed by atoms with Crippen LogP contribution in [0, 0.1) is 11.6 Å². The predicted octanol–water partition coefficient (Wildman–Crippen LogP) is 8.36. The van der Waals surface area contributed by atoms with Gasteiger partial charge in [-0.1, -0.05) is 48.5 Å². The van der Waals surface area contributed by atoms with E-state index in [1.54, 1.807) is 6.07 Å². The molecule has 0 N–H and O–H groups in total. The molecule has 0 atom stereocenters. The number of fused-ring (bicyclic) bond motifs is 1. The SMILES string of the molecule is CC(C)(c1cccc(-c2ccc(F)cc2F)n1)c1cccc(-c2cn(-c3ccccc3)c3ccccc23)n1. The maximum absolute atomic E-state index is 14.5. The van der Waals surface area contributed by atoms with Gasteiger partial charge in [0.15, 0.2) is 0 Å². The Labute approximate surface area is 220 Å². The van der Waals surface area contributed by atoms with E-state index >= 15 is 0 Å². The zero-order valence-electron chi connectivity index (χ0n) is 21.1. The molecule has 5 heteroatoms. The predicted molar refractivity (Wildman–Crippen MR) is 148 cm³/mol. The van der Waals surface area contributed by atoms with Crippen LogP contribution in [-0.4, -0.2) is 14.5 Å². The Hall–Kier alpha value is -4.64. The van der Waals surface area contributed by atoms with Gasteiger partial charge in [-0.2, -0.15) is 0 Å². The van der Waals surface area contributed by atoms with Gasteiger partial charge in [0, 0.05) is 39.9 Å². The number of para-hydroxylation sites is 2. The maximum Gasteiger partial charge on any atom is 0.135 e. The third-order valence-electron chi connectivity index (χ3n) is 7.01. The second-order valence-corrected chi connectivity index (χ2v) is 9.83. The Bertz CT molecular complexity index is 1770. The van der Waals surface area contributed by atoms with E-state index in [0.717, 1.165) is 45.3 Å². The number of benzene rings is 3. The Morgan fingerprint density at radius 2 is 1.26 bits per heavy atom. The monoisotopic (exact) mass is 501 g/mol. The number of hydrogen-bond donors (Lipinski definition) is 0. The average molecular weight is 502 g/mol. The van der Waals surface area contributed by atoms with Crippen molar-refractivity contribution in [2.45, 2.75) is 19.3 Å². The first-order valence-electron chi connectivity index (χ1n) is 12.5.